The number of carbonyl (C=O) groups is 1. The molecule has 0 aliphatic carbocycles. The lowest BCUT2D eigenvalue weighted by molar-refractivity contribution is -0.119. The van der Waals surface area contributed by atoms with Crippen molar-refractivity contribution in [3.63, 3.8) is 0 Å². The van der Waals surface area contributed by atoms with Crippen LogP contribution in [-0.2, 0) is 21.4 Å². The van der Waals surface area contributed by atoms with E-state index in [0.29, 0.717) is 11.5 Å². The van der Waals surface area contributed by atoms with Crippen molar-refractivity contribution in [2.75, 3.05) is 17.1 Å². The molecule has 29 heavy (non-hydrogen) atoms. The van der Waals surface area contributed by atoms with Crippen LogP contribution in [0.25, 0.3) is 11.4 Å². The third-order valence-corrected chi connectivity index (χ3v) is 5.43. The van der Waals surface area contributed by atoms with E-state index in [1.54, 1.807) is 0 Å². The maximum Gasteiger partial charge on any atom is 0.246 e. The predicted octanol–water partition coefficient (Wildman–Crippen LogP) is 2.44. The molecule has 0 saturated carbocycles. The summed E-state index contributed by atoms with van der Waals surface area (Å²) >= 11 is 0. The molecule has 1 heterocycles. The standard InChI is InChI=1S/C20H22N4O4S/c1-14-8-7-9-15(2)19(14)24(29(3,26)27)13-17(25)21-12-18-22-20(23-28-18)16-10-5-4-6-11-16/h4-11H,12-13H2,1-3H3,(H,21,25). The van der Waals surface area contributed by atoms with E-state index in [0.717, 1.165) is 27.3 Å². The van der Waals surface area contributed by atoms with Gasteiger partial charge in [0.2, 0.25) is 27.6 Å². The normalized spacial score (nSPS) is 11.3. The van der Waals surface area contributed by atoms with Crippen LogP contribution in [0, 0.1) is 13.8 Å². The first-order valence-electron chi connectivity index (χ1n) is 8.94. The number of amides is 1. The smallest absolute Gasteiger partial charge is 0.246 e. The van der Waals surface area contributed by atoms with E-state index >= 15 is 0 Å². The first-order chi connectivity index (χ1) is 13.8. The van der Waals surface area contributed by atoms with Crippen molar-refractivity contribution in [1.29, 1.82) is 0 Å². The number of hydrogen-bond acceptors (Lipinski definition) is 6. The van der Waals surface area contributed by atoms with Gasteiger partial charge in [0.05, 0.1) is 18.5 Å². The lowest BCUT2D eigenvalue weighted by Gasteiger charge is -2.25. The molecule has 2 aromatic carbocycles. The van der Waals surface area contributed by atoms with Gasteiger partial charge in [0.1, 0.15) is 6.54 Å². The molecular weight excluding hydrogens is 392 g/mol. The molecule has 0 spiro atoms. The summed E-state index contributed by atoms with van der Waals surface area (Å²) in [5.41, 5.74) is 2.85. The minimum atomic E-state index is -3.65. The summed E-state index contributed by atoms with van der Waals surface area (Å²) in [5.74, 6) is 0.177. The highest BCUT2D eigenvalue weighted by Crippen LogP contribution is 2.26. The summed E-state index contributed by atoms with van der Waals surface area (Å²) in [6.45, 7) is 3.27. The largest absolute Gasteiger partial charge is 0.345 e. The zero-order chi connectivity index (χ0) is 21.0. The molecule has 1 N–H and O–H groups in total. The number of rotatable bonds is 7. The Morgan fingerprint density at radius 3 is 2.34 bits per heavy atom. The van der Waals surface area contributed by atoms with E-state index in [-0.39, 0.29) is 19.0 Å². The third kappa shape index (κ3) is 5.00. The van der Waals surface area contributed by atoms with E-state index in [1.807, 2.05) is 62.4 Å². The number of carbonyl (C=O) groups excluding carboxylic acids is 1. The molecule has 0 atom stereocenters. The van der Waals surface area contributed by atoms with Crippen LogP contribution in [0.3, 0.4) is 0 Å². The molecule has 152 valence electrons. The molecule has 0 saturated heterocycles. The van der Waals surface area contributed by atoms with Gasteiger partial charge in [0.15, 0.2) is 0 Å². The van der Waals surface area contributed by atoms with Gasteiger partial charge in [-0.1, -0.05) is 53.7 Å². The fraction of sp³-hybridized carbons (Fsp3) is 0.250. The van der Waals surface area contributed by atoms with E-state index < -0.39 is 15.9 Å². The Hall–Kier alpha value is -3.20. The monoisotopic (exact) mass is 414 g/mol. The van der Waals surface area contributed by atoms with Gasteiger partial charge in [-0.25, -0.2) is 8.42 Å². The van der Waals surface area contributed by atoms with Crippen molar-refractivity contribution < 1.29 is 17.7 Å². The number of nitrogens with zero attached hydrogens (tertiary/aromatic N) is 3. The van der Waals surface area contributed by atoms with Gasteiger partial charge in [-0.2, -0.15) is 4.98 Å². The number of hydrogen-bond donors (Lipinski definition) is 1. The van der Waals surface area contributed by atoms with Gasteiger partial charge >= 0.3 is 0 Å². The molecular formula is C20H22N4O4S. The van der Waals surface area contributed by atoms with Crippen molar-refractivity contribution in [3.8, 4) is 11.4 Å². The average Bonchev–Trinajstić information content (AvgIpc) is 3.14. The SMILES string of the molecule is Cc1cccc(C)c1N(CC(=O)NCc1nc(-c2ccccc2)no1)S(C)(=O)=O. The van der Waals surface area contributed by atoms with Crippen molar-refractivity contribution >= 4 is 21.6 Å². The second-order valence-electron chi connectivity index (χ2n) is 6.66. The topological polar surface area (TPSA) is 105 Å². The number of benzene rings is 2. The molecule has 9 heteroatoms. The average molecular weight is 414 g/mol. The minimum Gasteiger partial charge on any atom is -0.345 e. The highest BCUT2D eigenvalue weighted by atomic mass is 32.2. The number of sulfonamides is 1. The first-order valence-corrected chi connectivity index (χ1v) is 10.8. The van der Waals surface area contributed by atoms with Crippen LogP contribution < -0.4 is 9.62 Å². The van der Waals surface area contributed by atoms with Crippen molar-refractivity contribution in [3.05, 3.63) is 65.5 Å². The molecule has 8 nitrogen and oxygen atoms in total. The highest BCUT2D eigenvalue weighted by molar-refractivity contribution is 7.92. The van der Waals surface area contributed by atoms with Gasteiger partial charge < -0.3 is 9.84 Å². The third-order valence-electron chi connectivity index (χ3n) is 4.31. The molecule has 3 rings (SSSR count). The molecule has 0 radical (unpaired) electrons. The second kappa shape index (κ2) is 8.44. The van der Waals surface area contributed by atoms with Crippen LogP contribution in [0.4, 0.5) is 5.69 Å². The Labute approximate surface area is 169 Å². The van der Waals surface area contributed by atoms with Crippen molar-refractivity contribution in [2.24, 2.45) is 0 Å². The molecule has 0 bridgehead atoms. The van der Waals surface area contributed by atoms with Gasteiger partial charge in [0.25, 0.3) is 0 Å². The van der Waals surface area contributed by atoms with Gasteiger partial charge in [-0.3, -0.25) is 9.10 Å². The quantitative estimate of drug-likeness (QED) is 0.637. The van der Waals surface area contributed by atoms with Crippen molar-refractivity contribution in [1.82, 2.24) is 15.5 Å². The van der Waals surface area contributed by atoms with Crippen LogP contribution in [0.15, 0.2) is 53.1 Å². The zero-order valence-corrected chi connectivity index (χ0v) is 17.2. The van der Waals surface area contributed by atoms with Crippen molar-refractivity contribution in [2.45, 2.75) is 20.4 Å². The summed E-state index contributed by atoms with van der Waals surface area (Å²) in [7, 11) is -3.65. The van der Waals surface area contributed by atoms with Crippen LogP contribution in [0.5, 0.6) is 0 Å². The van der Waals surface area contributed by atoms with Gasteiger partial charge in [-0.05, 0) is 25.0 Å². The Morgan fingerprint density at radius 2 is 1.72 bits per heavy atom. The molecule has 0 aliphatic heterocycles. The van der Waals surface area contributed by atoms with Crippen LogP contribution in [0.1, 0.15) is 17.0 Å². The van der Waals surface area contributed by atoms with E-state index in [1.165, 1.54) is 0 Å². The molecule has 0 aliphatic rings. The summed E-state index contributed by atoms with van der Waals surface area (Å²) in [5, 5.41) is 6.53. The summed E-state index contributed by atoms with van der Waals surface area (Å²) in [4.78, 5) is 16.7. The first kappa shape index (κ1) is 20.5. The Balaban J connectivity index is 1.70. The fourth-order valence-corrected chi connectivity index (χ4v) is 3.92. The predicted molar refractivity (Wildman–Crippen MR) is 110 cm³/mol. The molecule has 1 amide bonds. The Kier molecular flexibility index (Phi) is 5.97. The Bertz CT molecular complexity index is 1090. The Morgan fingerprint density at radius 1 is 1.07 bits per heavy atom. The molecule has 3 aromatic rings. The highest BCUT2D eigenvalue weighted by Gasteiger charge is 2.24. The summed E-state index contributed by atoms with van der Waals surface area (Å²) in [6.07, 6.45) is 1.08. The lowest BCUT2D eigenvalue weighted by Crippen LogP contribution is -2.40. The zero-order valence-electron chi connectivity index (χ0n) is 16.4. The molecule has 0 fully saturated rings. The minimum absolute atomic E-state index is 0.00300. The maximum absolute atomic E-state index is 12.4. The fourth-order valence-electron chi connectivity index (χ4n) is 2.95. The number of aromatic nitrogens is 2. The van der Waals surface area contributed by atoms with Gasteiger partial charge in [-0.15, -0.1) is 0 Å². The summed E-state index contributed by atoms with van der Waals surface area (Å²) in [6, 6.07) is 14.8. The number of aryl methyl sites for hydroxylation is 2. The van der Waals surface area contributed by atoms with Crippen LogP contribution in [-0.4, -0.2) is 37.3 Å². The molecule has 1 aromatic heterocycles. The van der Waals surface area contributed by atoms with Crippen LogP contribution >= 0.6 is 0 Å². The maximum atomic E-state index is 12.4. The lowest BCUT2D eigenvalue weighted by atomic mass is 10.1. The summed E-state index contributed by atoms with van der Waals surface area (Å²) < 4.78 is 30.9. The van der Waals surface area contributed by atoms with Crippen LogP contribution in [0.2, 0.25) is 0 Å². The van der Waals surface area contributed by atoms with Gasteiger partial charge in [0, 0.05) is 5.56 Å². The van der Waals surface area contributed by atoms with E-state index in [4.69, 9.17) is 4.52 Å². The van der Waals surface area contributed by atoms with E-state index in [9.17, 15) is 13.2 Å². The second-order valence-corrected chi connectivity index (χ2v) is 8.57. The number of nitrogens with one attached hydrogen (secondary N) is 1. The number of anilines is 1. The van der Waals surface area contributed by atoms with E-state index in [2.05, 4.69) is 15.5 Å². The molecule has 0 unspecified atom stereocenters. The number of para-hydroxylation sites is 1.